The molecule has 0 aliphatic rings. The van der Waals surface area contributed by atoms with Crippen LogP contribution in [0.3, 0.4) is 0 Å². The van der Waals surface area contributed by atoms with Gasteiger partial charge in [-0.25, -0.2) is 13.2 Å². The van der Waals surface area contributed by atoms with Crippen molar-refractivity contribution in [3.63, 3.8) is 0 Å². The quantitative estimate of drug-likeness (QED) is 0.888. The van der Waals surface area contributed by atoms with Crippen molar-refractivity contribution in [1.29, 1.82) is 0 Å². The van der Waals surface area contributed by atoms with E-state index in [1.54, 1.807) is 0 Å². The van der Waals surface area contributed by atoms with E-state index in [0.29, 0.717) is 0 Å². The number of anilines is 1. The Kier molecular flexibility index (Phi) is 4.41. The molecular weight excluding hydrogens is 337 g/mol. The lowest BCUT2D eigenvalue weighted by Crippen LogP contribution is -2.15. The van der Waals surface area contributed by atoms with Gasteiger partial charge in [-0.05, 0) is 30.3 Å². The Morgan fingerprint density at radius 2 is 1.71 bits per heavy atom. The molecule has 2 N–H and O–H groups in total. The van der Waals surface area contributed by atoms with Crippen molar-refractivity contribution in [3.8, 4) is 0 Å². The molecule has 2 rings (SSSR count). The lowest BCUT2D eigenvalue weighted by Gasteiger charge is -2.11. The SMILES string of the molecule is O=C(O)c1ccccc1NS(=O)(=O)c1ccc(Cl)c(Cl)c1. The fourth-order valence-electron chi connectivity index (χ4n) is 1.61. The molecule has 0 atom stereocenters. The van der Waals surface area contributed by atoms with Crippen molar-refractivity contribution in [3.05, 3.63) is 58.1 Å². The summed E-state index contributed by atoms with van der Waals surface area (Å²) in [6, 6.07) is 9.50. The summed E-state index contributed by atoms with van der Waals surface area (Å²) in [5.74, 6) is -1.23. The molecule has 110 valence electrons. The average Bonchev–Trinajstić information content (AvgIpc) is 2.41. The zero-order chi connectivity index (χ0) is 15.6. The highest BCUT2D eigenvalue weighted by Gasteiger charge is 2.19. The third-order valence-corrected chi connectivity index (χ3v) is 4.71. The number of carbonyl (C=O) groups is 1. The highest BCUT2D eigenvalue weighted by atomic mass is 35.5. The fourth-order valence-corrected chi connectivity index (χ4v) is 3.07. The van der Waals surface area contributed by atoms with Gasteiger partial charge in [-0.15, -0.1) is 0 Å². The molecule has 0 aromatic heterocycles. The lowest BCUT2D eigenvalue weighted by atomic mass is 10.2. The number of para-hydroxylation sites is 1. The van der Waals surface area contributed by atoms with E-state index in [9.17, 15) is 13.2 Å². The molecule has 0 bridgehead atoms. The standard InChI is InChI=1S/C13H9Cl2NO4S/c14-10-6-5-8(7-11(10)15)21(19,20)16-12-4-2-1-3-9(12)13(17)18/h1-7,16H,(H,17,18). The molecule has 0 radical (unpaired) electrons. The minimum atomic E-state index is -3.97. The number of benzene rings is 2. The second-order valence-electron chi connectivity index (χ2n) is 4.03. The fraction of sp³-hybridized carbons (Fsp3) is 0. The van der Waals surface area contributed by atoms with Crippen molar-refractivity contribution in [1.82, 2.24) is 0 Å². The first kappa shape index (κ1) is 15.6. The van der Waals surface area contributed by atoms with Gasteiger partial charge in [0.1, 0.15) is 0 Å². The van der Waals surface area contributed by atoms with Gasteiger partial charge < -0.3 is 5.11 Å². The molecule has 0 saturated heterocycles. The van der Waals surface area contributed by atoms with Crippen LogP contribution in [0.1, 0.15) is 10.4 Å². The van der Waals surface area contributed by atoms with Crippen LogP contribution in [0.5, 0.6) is 0 Å². The van der Waals surface area contributed by atoms with Crippen LogP contribution in [0, 0.1) is 0 Å². The van der Waals surface area contributed by atoms with Crippen molar-refractivity contribution in [2.45, 2.75) is 4.90 Å². The molecule has 0 heterocycles. The molecule has 0 aliphatic carbocycles. The molecule has 2 aromatic rings. The van der Waals surface area contributed by atoms with Crippen molar-refractivity contribution in [2.75, 3.05) is 4.72 Å². The summed E-state index contributed by atoms with van der Waals surface area (Å²) < 4.78 is 26.7. The molecular formula is C13H9Cl2NO4S. The van der Waals surface area contributed by atoms with Crippen molar-refractivity contribution < 1.29 is 18.3 Å². The highest BCUT2D eigenvalue weighted by Crippen LogP contribution is 2.26. The first-order chi connectivity index (χ1) is 9.81. The summed E-state index contributed by atoms with van der Waals surface area (Å²) in [6.45, 7) is 0. The molecule has 0 saturated carbocycles. The van der Waals surface area contributed by atoms with E-state index in [-0.39, 0.29) is 26.2 Å². The van der Waals surface area contributed by atoms with Gasteiger partial charge in [0.25, 0.3) is 10.0 Å². The third kappa shape index (κ3) is 3.47. The van der Waals surface area contributed by atoms with Crippen LogP contribution in [0.2, 0.25) is 10.0 Å². The maximum atomic E-state index is 12.2. The van der Waals surface area contributed by atoms with Gasteiger partial charge in [0.15, 0.2) is 0 Å². The number of halogens is 2. The summed E-state index contributed by atoms with van der Waals surface area (Å²) in [5, 5.41) is 9.35. The molecule has 0 unspecified atom stereocenters. The molecule has 8 heteroatoms. The molecule has 0 fully saturated rings. The van der Waals surface area contributed by atoms with Crippen LogP contribution >= 0.6 is 23.2 Å². The highest BCUT2D eigenvalue weighted by molar-refractivity contribution is 7.92. The van der Waals surface area contributed by atoms with Crippen LogP contribution in [-0.4, -0.2) is 19.5 Å². The zero-order valence-corrected chi connectivity index (χ0v) is 12.7. The summed E-state index contributed by atoms with van der Waals surface area (Å²) in [6.07, 6.45) is 0. The van der Waals surface area contributed by atoms with Crippen LogP contribution in [0.15, 0.2) is 47.4 Å². The van der Waals surface area contributed by atoms with Gasteiger partial charge in [-0.3, -0.25) is 4.72 Å². The Hall–Kier alpha value is -1.76. The Bertz CT molecular complexity index is 806. The lowest BCUT2D eigenvalue weighted by molar-refractivity contribution is 0.0698. The summed E-state index contributed by atoms with van der Waals surface area (Å²) in [5.41, 5.74) is -0.183. The number of carboxylic acid groups (broad SMARTS) is 1. The van der Waals surface area contributed by atoms with E-state index in [2.05, 4.69) is 4.72 Å². The summed E-state index contributed by atoms with van der Waals surface area (Å²) in [7, 11) is -3.97. The van der Waals surface area contributed by atoms with E-state index in [1.165, 1.54) is 42.5 Å². The van der Waals surface area contributed by atoms with Crippen LogP contribution in [0.25, 0.3) is 0 Å². The molecule has 5 nitrogen and oxygen atoms in total. The van der Waals surface area contributed by atoms with Gasteiger partial charge in [-0.2, -0.15) is 0 Å². The van der Waals surface area contributed by atoms with Gasteiger partial charge in [0.05, 0.1) is 26.2 Å². The maximum absolute atomic E-state index is 12.2. The number of aromatic carboxylic acids is 1. The molecule has 21 heavy (non-hydrogen) atoms. The van der Waals surface area contributed by atoms with Crippen molar-refractivity contribution in [2.24, 2.45) is 0 Å². The number of sulfonamides is 1. The van der Waals surface area contributed by atoms with E-state index >= 15 is 0 Å². The third-order valence-electron chi connectivity index (χ3n) is 2.60. The number of rotatable bonds is 4. The van der Waals surface area contributed by atoms with Crippen molar-refractivity contribution >= 4 is 44.9 Å². The second-order valence-corrected chi connectivity index (χ2v) is 6.53. The molecule has 0 aliphatic heterocycles. The minimum Gasteiger partial charge on any atom is -0.478 e. The summed E-state index contributed by atoms with van der Waals surface area (Å²) >= 11 is 11.5. The Morgan fingerprint density at radius 1 is 1.05 bits per heavy atom. The zero-order valence-electron chi connectivity index (χ0n) is 10.4. The predicted octanol–water partition coefficient (Wildman–Crippen LogP) is 3.49. The van der Waals surface area contributed by atoms with Crippen LogP contribution in [-0.2, 0) is 10.0 Å². The predicted molar refractivity (Wildman–Crippen MR) is 80.7 cm³/mol. The van der Waals surface area contributed by atoms with Gasteiger partial charge in [-0.1, -0.05) is 35.3 Å². The number of carboxylic acids is 1. The Labute approximate surface area is 131 Å². The van der Waals surface area contributed by atoms with Gasteiger partial charge in [0, 0.05) is 0 Å². The van der Waals surface area contributed by atoms with Crippen LogP contribution in [0.4, 0.5) is 5.69 Å². The molecule has 0 spiro atoms. The molecule has 0 amide bonds. The Morgan fingerprint density at radius 3 is 2.33 bits per heavy atom. The van der Waals surface area contributed by atoms with E-state index in [4.69, 9.17) is 28.3 Å². The second kappa shape index (κ2) is 5.93. The smallest absolute Gasteiger partial charge is 0.337 e. The normalized spacial score (nSPS) is 11.1. The average molecular weight is 346 g/mol. The van der Waals surface area contributed by atoms with E-state index in [1.807, 2.05) is 0 Å². The maximum Gasteiger partial charge on any atom is 0.337 e. The minimum absolute atomic E-state index is 0.0314. The largest absolute Gasteiger partial charge is 0.478 e. The topological polar surface area (TPSA) is 83.5 Å². The van der Waals surface area contributed by atoms with E-state index < -0.39 is 16.0 Å². The van der Waals surface area contributed by atoms with E-state index in [0.717, 1.165) is 0 Å². The van der Waals surface area contributed by atoms with Gasteiger partial charge >= 0.3 is 5.97 Å². The molecule has 2 aromatic carbocycles. The number of hydrogen-bond acceptors (Lipinski definition) is 3. The number of hydrogen-bond donors (Lipinski definition) is 2. The number of nitrogens with one attached hydrogen (secondary N) is 1. The summed E-state index contributed by atoms with van der Waals surface area (Å²) in [4.78, 5) is 11.0. The first-order valence-electron chi connectivity index (χ1n) is 5.61. The van der Waals surface area contributed by atoms with Crippen LogP contribution < -0.4 is 4.72 Å². The van der Waals surface area contributed by atoms with Gasteiger partial charge in [0.2, 0.25) is 0 Å². The monoisotopic (exact) mass is 345 g/mol. The Balaban J connectivity index is 2.42. The first-order valence-corrected chi connectivity index (χ1v) is 7.85.